The molecule has 2 saturated carbocycles. The number of halogens is 1. The zero-order valence-electron chi connectivity index (χ0n) is 9.21. The number of carbonyl (C=O) groups excluding carboxylic acids is 1. The van der Waals surface area contributed by atoms with E-state index in [0.717, 1.165) is 37.1 Å². The summed E-state index contributed by atoms with van der Waals surface area (Å²) in [6, 6.07) is 7.89. The van der Waals surface area contributed by atoms with E-state index in [1.807, 2.05) is 18.2 Å². The molecule has 0 aliphatic heterocycles. The minimum absolute atomic E-state index is 0.128. The Kier molecular flexibility index (Phi) is 2.32. The highest BCUT2D eigenvalue weighted by atomic mass is 35.5. The average molecular weight is 235 g/mol. The molecule has 0 saturated heterocycles. The van der Waals surface area contributed by atoms with Crippen molar-refractivity contribution >= 4 is 17.4 Å². The smallest absolute Gasteiger partial charge is 0.142 e. The third kappa shape index (κ3) is 1.67. The van der Waals surface area contributed by atoms with Gasteiger partial charge < -0.3 is 0 Å². The predicted molar refractivity (Wildman–Crippen MR) is 64.6 cm³/mol. The van der Waals surface area contributed by atoms with Gasteiger partial charge in [-0.3, -0.25) is 4.79 Å². The molecule has 0 aromatic heterocycles. The monoisotopic (exact) mass is 234 g/mol. The van der Waals surface area contributed by atoms with E-state index >= 15 is 0 Å². The Bertz CT molecular complexity index is 434. The average Bonchev–Trinajstić information content (AvgIpc) is 2.98. The number of carbonyl (C=O) groups is 1. The lowest BCUT2D eigenvalue weighted by atomic mass is 9.94. The fourth-order valence-corrected chi connectivity index (χ4v) is 3.14. The van der Waals surface area contributed by atoms with Gasteiger partial charge in [-0.2, -0.15) is 0 Å². The lowest BCUT2D eigenvalue weighted by Crippen LogP contribution is -2.16. The Hall–Kier alpha value is -0.820. The summed E-state index contributed by atoms with van der Waals surface area (Å²) in [5, 5.41) is 0.768. The summed E-state index contributed by atoms with van der Waals surface area (Å²) in [7, 11) is 0. The molecule has 2 aliphatic carbocycles. The van der Waals surface area contributed by atoms with Crippen molar-refractivity contribution in [3.8, 4) is 0 Å². The molecule has 1 spiro atoms. The highest BCUT2D eigenvalue weighted by Gasteiger charge is 2.55. The van der Waals surface area contributed by atoms with E-state index in [4.69, 9.17) is 11.6 Å². The Morgan fingerprint density at radius 2 is 2.12 bits per heavy atom. The maximum atomic E-state index is 12.1. The highest BCUT2D eigenvalue weighted by Crippen LogP contribution is 2.57. The molecule has 1 aromatic rings. The van der Waals surface area contributed by atoms with Crippen molar-refractivity contribution < 1.29 is 4.79 Å². The molecule has 1 aromatic carbocycles. The van der Waals surface area contributed by atoms with Crippen LogP contribution >= 0.6 is 11.6 Å². The molecule has 0 bridgehead atoms. The molecule has 1 unspecified atom stereocenters. The number of benzene rings is 1. The summed E-state index contributed by atoms with van der Waals surface area (Å²) in [5.41, 5.74) is 1.33. The van der Waals surface area contributed by atoms with Crippen LogP contribution in [0.1, 0.15) is 31.2 Å². The van der Waals surface area contributed by atoms with E-state index in [2.05, 4.69) is 6.07 Å². The molecular formula is C14H15ClO. The van der Waals surface area contributed by atoms with Crippen LogP contribution in [0.15, 0.2) is 24.3 Å². The van der Waals surface area contributed by atoms with E-state index < -0.39 is 0 Å². The zero-order valence-corrected chi connectivity index (χ0v) is 9.96. The SMILES string of the molecule is O=C1C(Cc2cccc(Cl)c2)CCC12CC2. The maximum Gasteiger partial charge on any atom is 0.142 e. The Morgan fingerprint density at radius 3 is 2.75 bits per heavy atom. The third-order valence-electron chi connectivity index (χ3n) is 4.09. The van der Waals surface area contributed by atoms with E-state index in [9.17, 15) is 4.79 Å². The van der Waals surface area contributed by atoms with Crippen LogP contribution in [0.3, 0.4) is 0 Å². The van der Waals surface area contributed by atoms with Gasteiger partial charge in [-0.15, -0.1) is 0 Å². The van der Waals surface area contributed by atoms with Crippen LogP contribution in [0.25, 0.3) is 0 Å². The molecule has 0 amide bonds. The second-order valence-corrected chi connectivity index (χ2v) is 5.65. The summed E-state index contributed by atoms with van der Waals surface area (Å²) in [5.74, 6) is 0.772. The molecular weight excluding hydrogens is 220 g/mol. The van der Waals surface area contributed by atoms with Gasteiger partial charge in [-0.1, -0.05) is 23.7 Å². The van der Waals surface area contributed by atoms with Crippen LogP contribution < -0.4 is 0 Å². The van der Waals surface area contributed by atoms with Crippen LogP contribution in [-0.2, 0) is 11.2 Å². The number of hydrogen-bond acceptors (Lipinski definition) is 1. The number of rotatable bonds is 2. The zero-order chi connectivity index (χ0) is 11.2. The normalized spacial score (nSPS) is 26.3. The van der Waals surface area contributed by atoms with Crippen molar-refractivity contribution in [3.05, 3.63) is 34.9 Å². The summed E-state index contributed by atoms with van der Waals surface area (Å²) in [6.45, 7) is 0. The van der Waals surface area contributed by atoms with Gasteiger partial charge in [-0.05, 0) is 49.8 Å². The summed E-state index contributed by atoms with van der Waals surface area (Å²) in [4.78, 5) is 12.1. The van der Waals surface area contributed by atoms with Crippen LogP contribution in [0.4, 0.5) is 0 Å². The first-order valence-electron chi connectivity index (χ1n) is 5.98. The van der Waals surface area contributed by atoms with Crippen molar-refractivity contribution in [2.75, 3.05) is 0 Å². The first-order chi connectivity index (χ1) is 7.70. The number of ketones is 1. The molecule has 2 aliphatic rings. The van der Waals surface area contributed by atoms with E-state index in [1.165, 1.54) is 5.56 Å². The molecule has 0 heterocycles. The number of hydrogen-bond donors (Lipinski definition) is 0. The van der Waals surface area contributed by atoms with Gasteiger partial charge in [0, 0.05) is 16.4 Å². The molecule has 0 N–H and O–H groups in total. The topological polar surface area (TPSA) is 17.1 Å². The Balaban J connectivity index is 1.74. The molecule has 2 fully saturated rings. The molecule has 16 heavy (non-hydrogen) atoms. The molecule has 0 radical (unpaired) electrons. The fraction of sp³-hybridized carbons (Fsp3) is 0.500. The van der Waals surface area contributed by atoms with Crippen molar-refractivity contribution in [1.29, 1.82) is 0 Å². The Labute approximate surface area is 101 Å². The van der Waals surface area contributed by atoms with Gasteiger partial charge in [0.1, 0.15) is 5.78 Å². The highest BCUT2D eigenvalue weighted by molar-refractivity contribution is 6.30. The first-order valence-corrected chi connectivity index (χ1v) is 6.36. The predicted octanol–water partition coefficient (Wildman–Crippen LogP) is 3.64. The Morgan fingerprint density at radius 1 is 1.31 bits per heavy atom. The van der Waals surface area contributed by atoms with Crippen molar-refractivity contribution in [2.45, 2.75) is 32.1 Å². The second-order valence-electron chi connectivity index (χ2n) is 5.21. The van der Waals surface area contributed by atoms with Crippen molar-refractivity contribution in [2.24, 2.45) is 11.3 Å². The maximum absolute atomic E-state index is 12.1. The summed E-state index contributed by atoms with van der Waals surface area (Å²) < 4.78 is 0. The van der Waals surface area contributed by atoms with Gasteiger partial charge in [-0.25, -0.2) is 0 Å². The quantitative estimate of drug-likeness (QED) is 0.764. The van der Waals surface area contributed by atoms with Gasteiger partial charge in [0.05, 0.1) is 0 Å². The van der Waals surface area contributed by atoms with Crippen LogP contribution in [0, 0.1) is 11.3 Å². The minimum atomic E-state index is 0.128. The second kappa shape index (κ2) is 3.59. The summed E-state index contributed by atoms with van der Waals surface area (Å²) >= 11 is 5.95. The van der Waals surface area contributed by atoms with Crippen LogP contribution in [0.2, 0.25) is 5.02 Å². The number of Topliss-reactive ketones (excluding diaryl/α,β-unsaturated/α-hetero) is 1. The standard InChI is InChI=1S/C14H15ClO/c15-12-3-1-2-10(9-12)8-11-4-5-14(6-7-14)13(11)16/h1-3,9,11H,4-8H2. The van der Waals surface area contributed by atoms with Crippen LogP contribution in [0.5, 0.6) is 0 Å². The first kappa shape index (κ1) is 10.3. The van der Waals surface area contributed by atoms with Gasteiger partial charge >= 0.3 is 0 Å². The molecule has 1 nitrogen and oxygen atoms in total. The lowest BCUT2D eigenvalue weighted by molar-refractivity contribution is -0.124. The van der Waals surface area contributed by atoms with Crippen molar-refractivity contribution in [3.63, 3.8) is 0 Å². The molecule has 1 atom stereocenters. The van der Waals surface area contributed by atoms with Crippen molar-refractivity contribution in [1.82, 2.24) is 0 Å². The third-order valence-corrected chi connectivity index (χ3v) is 4.32. The van der Waals surface area contributed by atoms with Gasteiger partial charge in [0.15, 0.2) is 0 Å². The summed E-state index contributed by atoms with van der Waals surface area (Å²) in [6.07, 6.45) is 5.35. The van der Waals surface area contributed by atoms with E-state index in [-0.39, 0.29) is 11.3 Å². The van der Waals surface area contributed by atoms with Crippen LogP contribution in [-0.4, -0.2) is 5.78 Å². The lowest BCUT2D eigenvalue weighted by Gasteiger charge is -2.09. The fourth-order valence-electron chi connectivity index (χ4n) is 2.93. The van der Waals surface area contributed by atoms with E-state index in [1.54, 1.807) is 0 Å². The largest absolute Gasteiger partial charge is 0.299 e. The van der Waals surface area contributed by atoms with Gasteiger partial charge in [0.25, 0.3) is 0 Å². The van der Waals surface area contributed by atoms with E-state index in [0.29, 0.717) is 5.78 Å². The molecule has 84 valence electrons. The minimum Gasteiger partial charge on any atom is -0.299 e. The van der Waals surface area contributed by atoms with Gasteiger partial charge in [0.2, 0.25) is 0 Å². The molecule has 2 heteroatoms. The molecule has 3 rings (SSSR count).